The van der Waals surface area contributed by atoms with E-state index in [9.17, 15) is 4.79 Å². The fourth-order valence-electron chi connectivity index (χ4n) is 2.70. The minimum atomic E-state index is -0.626. The number of nitrogens with two attached hydrogens (primary N) is 1. The van der Waals surface area contributed by atoms with E-state index in [4.69, 9.17) is 18.0 Å². The van der Waals surface area contributed by atoms with Crippen LogP contribution in [0.2, 0.25) is 0 Å². The molecule has 0 spiro atoms. The van der Waals surface area contributed by atoms with E-state index in [2.05, 4.69) is 6.92 Å². The second-order valence-electron chi connectivity index (χ2n) is 5.16. The van der Waals surface area contributed by atoms with Gasteiger partial charge in [-0.3, -0.25) is 4.79 Å². The second kappa shape index (κ2) is 4.69. The van der Waals surface area contributed by atoms with Gasteiger partial charge in [-0.05, 0) is 30.9 Å². The van der Waals surface area contributed by atoms with Gasteiger partial charge in [-0.25, -0.2) is 0 Å². The van der Waals surface area contributed by atoms with Crippen molar-refractivity contribution in [2.75, 3.05) is 11.9 Å². The van der Waals surface area contributed by atoms with Gasteiger partial charge in [0, 0.05) is 12.7 Å². The van der Waals surface area contributed by atoms with Crippen LogP contribution >= 0.6 is 12.2 Å². The van der Waals surface area contributed by atoms with E-state index in [1.54, 1.807) is 11.9 Å². The Morgan fingerprint density at radius 3 is 2.39 bits per heavy atom. The molecule has 1 aromatic carbocycles. The Hall–Kier alpha value is -1.42. The predicted octanol–water partition coefficient (Wildman–Crippen LogP) is 2.35. The van der Waals surface area contributed by atoms with Gasteiger partial charge < -0.3 is 10.6 Å². The average molecular weight is 262 g/mol. The maximum absolute atomic E-state index is 12.6. The van der Waals surface area contributed by atoms with Crippen LogP contribution in [0.25, 0.3) is 0 Å². The maximum atomic E-state index is 12.6. The van der Waals surface area contributed by atoms with Crippen molar-refractivity contribution >= 4 is 28.8 Å². The first-order chi connectivity index (χ1) is 8.47. The van der Waals surface area contributed by atoms with Gasteiger partial charge in [0.15, 0.2) is 0 Å². The van der Waals surface area contributed by atoms with Crippen molar-refractivity contribution in [2.45, 2.75) is 19.8 Å². The van der Waals surface area contributed by atoms with Gasteiger partial charge in [-0.15, -0.1) is 0 Å². The van der Waals surface area contributed by atoms with Crippen molar-refractivity contribution in [1.82, 2.24) is 0 Å². The highest BCUT2D eigenvalue weighted by atomic mass is 32.1. The zero-order chi connectivity index (χ0) is 13.3. The first-order valence-electron chi connectivity index (χ1n) is 6.10. The molecule has 1 aliphatic carbocycles. The number of thiocarbonyl (C=S) groups is 1. The molecule has 0 atom stereocenters. The van der Waals surface area contributed by atoms with Crippen LogP contribution in [0, 0.1) is 11.3 Å². The number of para-hydroxylation sites is 1. The smallest absolute Gasteiger partial charge is 0.239 e. The van der Waals surface area contributed by atoms with Crippen molar-refractivity contribution in [1.29, 1.82) is 0 Å². The third-order valence-electron chi connectivity index (χ3n) is 3.72. The predicted molar refractivity (Wildman–Crippen MR) is 77.5 cm³/mol. The highest BCUT2D eigenvalue weighted by molar-refractivity contribution is 7.80. The van der Waals surface area contributed by atoms with Crippen molar-refractivity contribution in [3.63, 3.8) is 0 Å². The molecule has 1 saturated carbocycles. The number of anilines is 1. The Kier molecular flexibility index (Phi) is 3.39. The number of nitrogens with zero attached hydrogens (tertiary/aromatic N) is 1. The van der Waals surface area contributed by atoms with Crippen LogP contribution in [0.1, 0.15) is 19.8 Å². The van der Waals surface area contributed by atoms with E-state index in [1.165, 1.54) is 0 Å². The minimum Gasteiger partial charge on any atom is -0.392 e. The molecule has 1 aliphatic rings. The molecule has 0 saturated heterocycles. The Labute approximate surface area is 113 Å². The van der Waals surface area contributed by atoms with Gasteiger partial charge in [-0.2, -0.15) is 0 Å². The first-order valence-corrected chi connectivity index (χ1v) is 6.51. The molecule has 0 radical (unpaired) electrons. The van der Waals surface area contributed by atoms with Crippen LogP contribution in [0.3, 0.4) is 0 Å². The summed E-state index contributed by atoms with van der Waals surface area (Å²) in [5, 5.41) is 0. The lowest BCUT2D eigenvalue weighted by Gasteiger charge is -2.45. The van der Waals surface area contributed by atoms with Crippen molar-refractivity contribution in [3.05, 3.63) is 30.3 Å². The lowest BCUT2D eigenvalue weighted by molar-refractivity contribution is -0.129. The van der Waals surface area contributed by atoms with Crippen LogP contribution in [-0.4, -0.2) is 17.9 Å². The van der Waals surface area contributed by atoms with Gasteiger partial charge in [-0.1, -0.05) is 37.3 Å². The molecule has 4 heteroatoms. The molecule has 2 rings (SSSR count). The highest BCUT2D eigenvalue weighted by Crippen LogP contribution is 2.47. The van der Waals surface area contributed by atoms with E-state index in [0.717, 1.165) is 18.5 Å². The SMILES string of the molecule is CC1CC(C(=O)N(C)c2ccccc2)(C(N)=S)C1. The van der Waals surface area contributed by atoms with Crippen molar-refractivity contribution in [3.8, 4) is 0 Å². The van der Waals surface area contributed by atoms with Crippen LogP contribution in [-0.2, 0) is 4.79 Å². The third kappa shape index (κ3) is 2.01. The molecule has 0 unspecified atom stereocenters. The summed E-state index contributed by atoms with van der Waals surface area (Å²) >= 11 is 5.11. The number of carbonyl (C=O) groups is 1. The molecule has 2 N–H and O–H groups in total. The molecule has 0 aromatic heterocycles. The molecule has 0 heterocycles. The quantitative estimate of drug-likeness (QED) is 0.851. The lowest BCUT2D eigenvalue weighted by Crippen LogP contribution is -2.56. The van der Waals surface area contributed by atoms with Crippen LogP contribution in [0.5, 0.6) is 0 Å². The van der Waals surface area contributed by atoms with E-state index >= 15 is 0 Å². The fraction of sp³-hybridized carbons (Fsp3) is 0.429. The molecule has 96 valence electrons. The summed E-state index contributed by atoms with van der Waals surface area (Å²) < 4.78 is 0. The molecule has 1 aromatic rings. The number of carbonyl (C=O) groups excluding carboxylic acids is 1. The Morgan fingerprint density at radius 1 is 1.39 bits per heavy atom. The molecule has 0 aliphatic heterocycles. The molecule has 1 fully saturated rings. The second-order valence-corrected chi connectivity index (χ2v) is 5.60. The minimum absolute atomic E-state index is 0.0132. The normalized spacial score (nSPS) is 26.2. The monoisotopic (exact) mass is 262 g/mol. The summed E-state index contributed by atoms with van der Waals surface area (Å²) in [5.41, 5.74) is 6.04. The van der Waals surface area contributed by atoms with E-state index in [1.807, 2.05) is 30.3 Å². The zero-order valence-corrected chi connectivity index (χ0v) is 11.5. The standard InChI is InChI=1S/C14H18N2OS/c1-10-8-14(9-10,12(15)18)13(17)16(2)11-6-4-3-5-7-11/h3-7,10H,8-9H2,1-2H3,(H2,15,18). The molecule has 1 amide bonds. The summed E-state index contributed by atoms with van der Waals surface area (Å²) in [6.07, 6.45) is 1.52. The van der Waals surface area contributed by atoms with Crippen LogP contribution in [0.4, 0.5) is 5.69 Å². The summed E-state index contributed by atoms with van der Waals surface area (Å²) in [5.74, 6) is 0.527. The average Bonchev–Trinajstić information content (AvgIpc) is 2.33. The summed E-state index contributed by atoms with van der Waals surface area (Å²) in [7, 11) is 1.78. The van der Waals surface area contributed by atoms with Crippen molar-refractivity contribution < 1.29 is 4.79 Å². The lowest BCUT2D eigenvalue weighted by atomic mass is 9.61. The van der Waals surface area contributed by atoms with Gasteiger partial charge in [0.05, 0.1) is 10.4 Å². The molecular weight excluding hydrogens is 244 g/mol. The number of rotatable bonds is 3. The van der Waals surface area contributed by atoms with E-state index < -0.39 is 5.41 Å². The van der Waals surface area contributed by atoms with Gasteiger partial charge in [0.2, 0.25) is 5.91 Å². The summed E-state index contributed by atoms with van der Waals surface area (Å²) in [4.78, 5) is 14.6. The Bertz CT molecular complexity index is 466. The number of hydrogen-bond acceptors (Lipinski definition) is 2. The number of benzene rings is 1. The largest absolute Gasteiger partial charge is 0.392 e. The fourth-order valence-corrected chi connectivity index (χ4v) is 2.95. The Balaban J connectivity index is 2.23. The van der Waals surface area contributed by atoms with Crippen molar-refractivity contribution in [2.24, 2.45) is 17.1 Å². The van der Waals surface area contributed by atoms with Crippen LogP contribution in [0.15, 0.2) is 30.3 Å². The molecule has 3 nitrogen and oxygen atoms in total. The van der Waals surface area contributed by atoms with Gasteiger partial charge in [0.25, 0.3) is 0 Å². The Morgan fingerprint density at radius 2 is 1.94 bits per heavy atom. The zero-order valence-electron chi connectivity index (χ0n) is 10.7. The van der Waals surface area contributed by atoms with E-state index in [-0.39, 0.29) is 5.91 Å². The third-order valence-corrected chi connectivity index (χ3v) is 4.11. The topological polar surface area (TPSA) is 46.3 Å². The van der Waals surface area contributed by atoms with Gasteiger partial charge in [0.1, 0.15) is 0 Å². The van der Waals surface area contributed by atoms with Crippen LogP contribution < -0.4 is 10.6 Å². The van der Waals surface area contributed by atoms with Gasteiger partial charge >= 0.3 is 0 Å². The number of hydrogen-bond donors (Lipinski definition) is 1. The molecule has 0 bridgehead atoms. The molecular formula is C14H18N2OS. The summed E-state index contributed by atoms with van der Waals surface area (Å²) in [6.45, 7) is 2.12. The van der Waals surface area contributed by atoms with E-state index in [0.29, 0.717) is 10.9 Å². The number of amides is 1. The first kappa shape index (κ1) is 13.0. The maximum Gasteiger partial charge on any atom is 0.239 e. The summed E-state index contributed by atoms with van der Waals surface area (Å²) in [6, 6.07) is 9.57. The molecule has 18 heavy (non-hydrogen) atoms. The highest BCUT2D eigenvalue weighted by Gasteiger charge is 2.52.